The van der Waals surface area contributed by atoms with Crippen LogP contribution >= 0.6 is 0 Å². The quantitative estimate of drug-likeness (QED) is 0.725. The van der Waals surface area contributed by atoms with Gasteiger partial charge in [-0.25, -0.2) is 0 Å². The summed E-state index contributed by atoms with van der Waals surface area (Å²) in [5, 5.41) is 9.96. The van der Waals surface area contributed by atoms with Crippen LogP contribution in [-0.2, 0) is 4.74 Å². The SMILES string of the molecule is OC(c1cc[nH]c1)C1CCOCC1. The average molecular weight is 181 g/mol. The predicted molar refractivity (Wildman–Crippen MR) is 49.3 cm³/mol. The molecule has 72 valence electrons. The fourth-order valence-electron chi connectivity index (χ4n) is 1.82. The van der Waals surface area contributed by atoms with E-state index in [0.29, 0.717) is 5.92 Å². The van der Waals surface area contributed by atoms with Crippen LogP contribution in [-0.4, -0.2) is 23.3 Å². The molecule has 1 aromatic rings. The average Bonchev–Trinajstić information content (AvgIpc) is 2.71. The molecule has 1 unspecified atom stereocenters. The van der Waals surface area contributed by atoms with Gasteiger partial charge in [-0.15, -0.1) is 0 Å². The number of rotatable bonds is 2. The zero-order valence-corrected chi connectivity index (χ0v) is 7.57. The van der Waals surface area contributed by atoms with E-state index < -0.39 is 0 Å². The first kappa shape index (κ1) is 8.78. The maximum atomic E-state index is 9.96. The van der Waals surface area contributed by atoms with Gasteiger partial charge >= 0.3 is 0 Å². The molecule has 2 heterocycles. The molecule has 0 amide bonds. The number of ether oxygens (including phenoxy) is 1. The minimum Gasteiger partial charge on any atom is -0.388 e. The highest BCUT2D eigenvalue weighted by Gasteiger charge is 2.23. The van der Waals surface area contributed by atoms with Crippen molar-refractivity contribution in [3.05, 3.63) is 24.0 Å². The Labute approximate surface area is 77.7 Å². The van der Waals surface area contributed by atoms with E-state index in [1.807, 2.05) is 18.5 Å². The van der Waals surface area contributed by atoms with Crippen molar-refractivity contribution in [3.63, 3.8) is 0 Å². The van der Waals surface area contributed by atoms with Gasteiger partial charge in [0.05, 0.1) is 6.10 Å². The second kappa shape index (κ2) is 3.94. The third-order valence-electron chi connectivity index (χ3n) is 2.68. The largest absolute Gasteiger partial charge is 0.388 e. The number of aromatic amines is 1. The normalized spacial score (nSPS) is 21.6. The number of aliphatic hydroxyl groups is 1. The lowest BCUT2D eigenvalue weighted by Crippen LogP contribution is -2.21. The van der Waals surface area contributed by atoms with Gasteiger partial charge in [-0.3, -0.25) is 0 Å². The van der Waals surface area contributed by atoms with E-state index in [9.17, 15) is 5.11 Å². The molecule has 0 radical (unpaired) electrons. The summed E-state index contributed by atoms with van der Waals surface area (Å²) in [6, 6.07) is 1.93. The molecule has 0 bridgehead atoms. The van der Waals surface area contributed by atoms with Gasteiger partial charge in [0.15, 0.2) is 0 Å². The summed E-state index contributed by atoms with van der Waals surface area (Å²) in [4.78, 5) is 2.96. The molecule has 3 heteroatoms. The zero-order valence-electron chi connectivity index (χ0n) is 7.57. The van der Waals surface area contributed by atoms with Gasteiger partial charge in [0.25, 0.3) is 0 Å². The van der Waals surface area contributed by atoms with Crippen LogP contribution in [0, 0.1) is 5.92 Å². The van der Waals surface area contributed by atoms with Crippen molar-refractivity contribution in [1.29, 1.82) is 0 Å². The minimum atomic E-state index is -0.324. The first-order valence-corrected chi connectivity index (χ1v) is 4.76. The summed E-state index contributed by atoms with van der Waals surface area (Å²) in [6.45, 7) is 1.57. The van der Waals surface area contributed by atoms with Gasteiger partial charge in [0.1, 0.15) is 0 Å². The van der Waals surface area contributed by atoms with Crippen LogP contribution in [0.2, 0.25) is 0 Å². The first-order chi connectivity index (χ1) is 6.38. The van der Waals surface area contributed by atoms with Crippen molar-refractivity contribution >= 4 is 0 Å². The van der Waals surface area contributed by atoms with Gasteiger partial charge in [-0.2, -0.15) is 0 Å². The summed E-state index contributed by atoms with van der Waals surface area (Å²) in [5.74, 6) is 0.365. The topological polar surface area (TPSA) is 45.2 Å². The van der Waals surface area contributed by atoms with Crippen molar-refractivity contribution < 1.29 is 9.84 Å². The smallest absolute Gasteiger partial charge is 0.0834 e. The lowest BCUT2D eigenvalue weighted by molar-refractivity contribution is 0.00724. The molecule has 1 aliphatic heterocycles. The molecular formula is C10H15NO2. The molecule has 1 atom stereocenters. The van der Waals surface area contributed by atoms with Crippen LogP contribution in [0.1, 0.15) is 24.5 Å². The van der Waals surface area contributed by atoms with Crippen molar-refractivity contribution in [2.75, 3.05) is 13.2 Å². The molecular weight excluding hydrogens is 166 g/mol. The standard InChI is InChI=1S/C10H15NO2/c12-10(9-1-4-11-7-9)8-2-5-13-6-3-8/h1,4,7-8,10-12H,2-3,5-6H2. The van der Waals surface area contributed by atoms with Crippen LogP contribution in [0.3, 0.4) is 0 Å². The number of hydrogen-bond acceptors (Lipinski definition) is 2. The second-order valence-electron chi connectivity index (χ2n) is 3.54. The number of H-pyrrole nitrogens is 1. The molecule has 1 fully saturated rings. The molecule has 1 saturated heterocycles. The van der Waals surface area contributed by atoms with Gasteiger partial charge in [-0.1, -0.05) is 0 Å². The Bertz CT molecular complexity index is 239. The van der Waals surface area contributed by atoms with E-state index in [2.05, 4.69) is 4.98 Å². The van der Waals surface area contributed by atoms with E-state index in [0.717, 1.165) is 31.6 Å². The fraction of sp³-hybridized carbons (Fsp3) is 0.600. The van der Waals surface area contributed by atoms with E-state index in [1.54, 1.807) is 0 Å². The number of aromatic nitrogens is 1. The number of hydrogen-bond donors (Lipinski definition) is 2. The van der Waals surface area contributed by atoms with Crippen LogP contribution < -0.4 is 0 Å². The Hall–Kier alpha value is -0.800. The summed E-state index contributed by atoms with van der Waals surface area (Å²) >= 11 is 0. The zero-order chi connectivity index (χ0) is 9.10. The van der Waals surface area contributed by atoms with Crippen molar-refractivity contribution in [2.24, 2.45) is 5.92 Å². The number of nitrogens with one attached hydrogen (secondary N) is 1. The van der Waals surface area contributed by atoms with Crippen molar-refractivity contribution in [2.45, 2.75) is 18.9 Å². The van der Waals surface area contributed by atoms with Crippen LogP contribution in [0.25, 0.3) is 0 Å². The van der Waals surface area contributed by atoms with E-state index in [-0.39, 0.29) is 6.10 Å². The minimum absolute atomic E-state index is 0.324. The number of aliphatic hydroxyl groups excluding tert-OH is 1. The van der Waals surface area contributed by atoms with Crippen LogP contribution in [0.5, 0.6) is 0 Å². The lowest BCUT2D eigenvalue weighted by Gasteiger charge is -2.26. The van der Waals surface area contributed by atoms with E-state index in [4.69, 9.17) is 4.74 Å². The van der Waals surface area contributed by atoms with Crippen molar-refractivity contribution in [1.82, 2.24) is 4.98 Å². The van der Waals surface area contributed by atoms with Crippen LogP contribution in [0.15, 0.2) is 18.5 Å². The second-order valence-corrected chi connectivity index (χ2v) is 3.54. The summed E-state index contributed by atoms with van der Waals surface area (Å²) < 4.78 is 5.25. The Kier molecular flexibility index (Phi) is 2.66. The molecule has 1 aliphatic rings. The molecule has 1 aromatic heterocycles. The summed E-state index contributed by atoms with van der Waals surface area (Å²) in [6.07, 6.45) is 5.31. The molecule has 0 aliphatic carbocycles. The maximum Gasteiger partial charge on any atom is 0.0834 e. The molecule has 0 saturated carbocycles. The first-order valence-electron chi connectivity index (χ1n) is 4.76. The van der Waals surface area contributed by atoms with E-state index in [1.165, 1.54) is 0 Å². The highest BCUT2D eigenvalue weighted by Crippen LogP contribution is 2.29. The summed E-state index contributed by atoms with van der Waals surface area (Å²) in [7, 11) is 0. The Morgan fingerprint density at radius 2 is 2.23 bits per heavy atom. The highest BCUT2D eigenvalue weighted by molar-refractivity contribution is 5.12. The lowest BCUT2D eigenvalue weighted by atomic mass is 9.91. The molecule has 2 rings (SSSR count). The fourth-order valence-corrected chi connectivity index (χ4v) is 1.82. The van der Waals surface area contributed by atoms with Crippen molar-refractivity contribution in [3.8, 4) is 0 Å². The molecule has 2 N–H and O–H groups in total. The van der Waals surface area contributed by atoms with Gasteiger partial charge in [0, 0.05) is 25.6 Å². The third-order valence-corrected chi connectivity index (χ3v) is 2.68. The Balaban J connectivity index is 1.99. The monoisotopic (exact) mass is 181 g/mol. The Morgan fingerprint density at radius 1 is 1.46 bits per heavy atom. The maximum absolute atomic E-state index is 9.96. The molecule has 0 spiro atoms. The third kappa shape index (κ3) is 1.92. The highest BCUT2D eigenvalue weighted by atomic mass is 16.5. The molecule has 3 nitrogen and oxygen atoms in total. The predicted octanol–water partition coefficient (Wildman–Crippen LogP) is 1.47. The van der Waals surface area contributed by atoms with Gasteiger partial charge in [0.2, 0.25) is 0 Å². The van der Waals surface area contributed by atoms with Gasteiger partial charge < -0.3 is 14.8 Å². The van der Waals surface area contributed by atoms with E-state index >= 15 is 0 Å². The molecule has 13 heavy (non-hydrogen) atoms. The Morgan fingerprint density at radius 3 is 2.85 bits per heavy atom. The summed E-state index contributed by atoms with van der Waals surface area (Å²) in [5.41, 5.74) is 0.993. The van der Waals surface area contributed by atoms with Gasteiger partial charge in [-0.05, 0) is 30.4 Å². The van der Waals surface area contributed by atoms with Crippen LogP contribution in [0.4, 0.5) is 0 Å². The molecule has 0 aromatic carbocycles.